The molecule has 0 unspecified atom stereocenters. The minimum absolute atomic E-state index is 0.0451. The summed E-state index contributed by atoms with van der Waals surface area (Å²) < 4.78 is 52.5. The summed E-state index contributed by atoms with van der Waals surface area (Å²) in [6.07, 6.45) is -3.81. The van der Waals surface area contributed by atoms with Crippen molar-refractivity contribution in [2.45, 2.75) is 6.18 Å². The molecule has 1 N–H and O–H groups in total. The van der Waals surface area contributed by atoms with Gasteiger partial charge in [-0.1, -0.05) is 29.8 Å². The Hall–Kier alpha value is -2.85. The predicted octanol–water partition coefficient (Wildman–Crippen LogP) is 5.04. The van der Waals surface area contributed by atoms with Gasteiger partial charge in [-0.3, -0.25) is 4.79 Å². The van der Waals surface area contributed by atoms with E-state index in [4.69, 9.17) is 16.9 Å². The molecule has 0 spiro atoms. The van der Waals surface area contributed by atoms with E-state index >= 15 is 0 Å². The first kappa shape index (κ1) is 18.5. The number of alkyl halides is 3. The summed E-state index contributed by atoms with van der Waals surface area (Å²) in [5, 5.41) is 11.0. The number of anilines is 1. The molecule has 0 aromatic heterocycles. The summed E-state index contributed by atoms with van der Waals surface area (Å²) in [6, 6.07) is 9.59. The number of nitrogens with zero attached hydrogens (tertiary/aromatic N) is 1. The number of nitriles is 1. The highest BCUT2D eigenvalue weighted by atomic mass is 35.5. The fourth-order valence-electron chi connectivity index (χ4n) is 1.97. The van der Waals surface area contributed by atoms with E-state index in [1.807, 2.05) is 5.32 Å². The number of para-hydroxylation sites is 1. The lowest BCUT2D eigenvalue weighted by molar-refractivity contribution is -0.137. The average Bonchev–Trinajstić information content (AvgIpc) is 2.54. The van der Waals surface area contributed by atoms with Crippen LogP contribution in [0.5, 0.6) is 0 Å². The number of halogens is 5. The van der Waals surface area contributed by atoms with Crippen LogP contribution in [0.1, 0.15) is 11.1 Å². The molecule has 2 rings (SSSR count). The van der Waals surface area contributed by atoms with E-state index in [-0.39, 0.29) is 10.6 Å². The third-order valence-corrected chi connectivity index (χ3v) is 3.46. The Balaban J connectivity index is 2.38. The topological polar surface area (TPSA) is 52.9 Å². The monoisotopic (exact) mass is 368 g/mol. The smallest absolute Gasteiger partial charge is 0.321 e. The van der Waals surface area contributed by atoms with Gasteiger partial charge in [0.25, 0.3) is 5.91 Å². The maximum Gasteiger partial charge on any atom is 0.418 e. The Bertz CT molecular complexity index is 865. The largest absolute Gasteiger partial charge is 0.418 e. The van der Waals surface area contributed by atoms with E-state index in [1.165, 1.54) is 30.3 Å². The van der Waals surface area contributed by atoms with Crippen molar-refractivity contribution in [3.8, 4) is 6.07 Å². The average molecular weight is 369 g/mol. The number of hydrogen-bond donors (Lipinski definition) is 1. The molecule has 25 heavy (non-hydrogen) atoms. The van der Waals surface area contributed by atoms with E-state index < -0.39 is 34.7 Å². The summed E-state index contributed by atoms with van der Waals surface area (Å²) in [7, 11) is 0. The van der Waals surface area contributed by atoms with Gasteiger partial charge in [0.1, 0.15) is 17.5 Å². The van der Waals surface area contributed by atoms with E-state index in [0.717, 1.165) is 24.3 Å². The van der Waals surface area contributed by atoms with Gasteiger partial charge in [-0.2, -0.15) is 18.4 Å². The quantitative estimate of drug-likeness (QED) is 0.468. The number of hydrogen-bond acceptors (Lipinski definition) is 2. The maximum absolute atomic E-state index is 13.7. The molecule has 0 bridgehead atoms. The van der Waals surface area contributed by atoms with E-state index in [1.54, 1.807) is 0 Å². The van der Waals surface area contributed by atoms with Crippen LogP contribution < -0.4 is 5.32 Å². The normalized spacial score (nSPS) is 11.8. The molecular weight excluding hydrogens is 360 g/mol. The summed E-state index contributed by atoms with van der Waals surface area (Å²) >= 11 is 5.81. The van der Waals surface area contributed by atoms with Gasteiger partial charge in [0.05, 0.1) is 16.3 Å². The number of nitrogens with one attached hydrogen (secondary N) is 1. The number of carbonyl (C=O) groups is 1. The van der Waals surface area contributed by atoms with Crippen molar-refractivity contribution in [1.29, 1.82) is 5.26 Å². The molecule has 8 heteroatoms. The van der Waals surface area contributed by atoms with Gasteiger partial charge in [0.15, 0.2) is 0 Å². The molecule has 2 aromatic rings. The zero-order valence-corrected chi connectivity index (χ0v) is 13.1. The van der Waals surface area contributed by atoms with Crippen LogP contribution in [0, 0.1) is 17.1 Å². The summed E-state index contributed by atoms with van der Waals surface area (Å²) in [5.74, 6) is -1.89. The van der Waals surface area contributed by atoms with Crippen LogP contribution in [-0.4, -0.2) is 5.91 Å². The maximum atomic E-state index is 13.7. The van der Waals surface area contributed by atoms with Crippen molar-refractivity contribution in [3.63, 3.8) is 0 Å². The molecule has 0 saturated heterocycles. The van der Waals surface area contributed by atoms with Crippen LogP contribution in [0.15, 0.2) is 48.0 Å². The lowest BCUT2D eigenvalue weighted by Gasteiger charge is -2.13. The molecule has 0 saturated carbocycles. The van der Waals surface area contributed by atoms with Crippen molar-refractivity contribution in [2.75, 3.05) is 5.32 Å². The Morgan fingerprint density at radius 2 is 1.84 bits per heavy atom. The van der Waals surface area contributed by atoms with Crippen LogP contribution in [0.4, 0.5) is 23.2 Å². The highest BCUT2D eigenvalue weighted by Gasteiger charge is 2.33. The van der Waals surface area contributed by atoms with Crippen LogP contribution in [0.2, 0.25) is 5.02 Å². The SMILES string of the molecule is N#C/C(=C\c1c(F)cccc1Cl)C(=O)Nc1ccccc1C(F)(F)F. The number of benzene rings is 2. The van der Waals surface area contributed by atoms with E-state index in [0.29, 0.717) is 0 Å². The van der Waals surface area contributed by atoms with Gasteiger partial charge in [0.2, 0.25) is 0 Å². The number of rotatable bonds is 3. The second kappa shape index (κ2) is 7.36. The molecule has 0 aliphatic heterocycles. The first-order valence-corrected chi connectivity index (χ1v) is 7.15. The number of carbonyl (C=O) groups excluding carboxylic acids is 1. The number of amides is 1. The summed E-state index contributed by atoms with van der Waals surface area (Å²) in [4.78, 5) is 12.1. The Kier molecular flexibility index (Phi) is 5.45. The molecule has 0 atom stereocenters. The molecule has 0 aliphatic rings. The van der Waals surface area contributed by atoms with Crippen molar-refractivity contribution < 1.29 is 22.4 Å². The Morgan fingerprint density at radius 1 is 1.16 bits per heavy atom. The van der Waals surface area contributed by atoms with Crippen LogP contribution >= 0.6 is 11.6 Å². The third-order valence-electron chi connectivity index (χ3n) is 3.13. The second-order valence-electron chi connectivity index (χ2n) is 4.80. The molecule has 3 nitrogen and oxygen atoms in total. The first-order chi connectivity index (χ1) is 11.7. The van der Waals surface area contributed by atoms with Gasteiger partial charge in [-0.15, -0.1) is 0 Å². The fourth-order valence-corrected chi connectivity index (χ4v) is 2.19. The summed E-state index contributed by atoms with van der Waals surface area (Å²) in [6.45, 7) is 0. The van der Waals surface area contributed by atoms with Crippen molar-refractivity contribution in [1.82, 2.24) is 0 Å². The van der Waals surface area contributed by atoms with Gasteiger partial charge in [-0.25, -0.2) is 4.39 Å². The minimum Gasteiger partial charge on any atom is -0.321 e. The molecule has 0 radical (unpaired) electrons. The van der Waals surface area contributed by atoms with Crippen LogP contribution in [0.25, 0.3) is 6.08 Å². The van der Waals surface area contributed by atoms with Crippen molar-refractivity contribution >= 4 is 29.3 Å². The van der Waals surface area contributed by atoms with Gasteiger partial charge >= 0.3 is 6.18 Å². The molecular formula is C17H9ClF4N2O. The predicted molar refractivity (Wildman–Crippen MR) is 85.1 cm³/mol. The van der Waals surface area contributed by atoms with E-state index in [9.17, 15) is 22.4 Å². The second-order valence-corrected chi connectivity index (χ2v) is 5.21. The standard InChI is InChI=1S/C17H9ClF4N2O/c18-13-5-3-6-14(19)11(13)8-10(9-23)16(25)24-15-7-2-1-4-12(15)17(20,21)22/h1-8H,(H,24,25)/b10-8+. The molecule has 0 heterocycles. The lowest BCUT2D eigenvalue weighted by Crippen LogP contribution is -2.17. The molecule has 2 aromatic carbocycles. The lowest BCUT2D eigenvalue weighted by atomic mass is 10.1. The zero-order valence-electron chi connectivity index (χ0n) is 12.4. The molecule has 1 amide bonds. The van der Waals surface area contributed by atoms with Gasteiger partial charge < -0.3 is 5.32 Å². The van der Waals surface area contributed by atoms with E-state index in [2.05, 4.69) is 0 Å². The third kappa shape index (κ3) is 4.37. The summed E-state index contributed by atoms with van der Waals surface area (Å²) in [5.41, 5.74) is -2.38. The Labute approximate surface area is 145 Å². The highest BCUT2D eigenvalue weighted by molar-refractivity contribution is 6.32. The fraction of sp³-hybridized carbons (Fsp3) is 0.0588. The highest BCUT2D eigenvalue weighted by Crippen LogP contribution is 2.34. The first-order valence-electron chi connectivity index (χ1n) is 6.77. The van der Waals surface area contributed by atoms with Crippen molar-refractivity contribution in [3.05, 3.63) is 70.0 Å². The van der Waals surface area contributed by atoms with Crippen LogP contribution in [-0.2, 0) is 11.0 Å². The molecule has 0 aliphatic carbocycles. The van der Waals surface area contributed by atoms with Gasteiger partial charge in [0, 0.05) is 5.56 Å². The zero-order chi connectivity index (χ0) is 18.6. The molecule has 0 fully saturated rings. The Morgan fingerprint density at radius 3 is 2.44 bits per heavy atom. The molecule has 128 valence electrons. The van der Waals surface area contributed by atoms with Crippen LogP contribution in [0.3, 0.4) is 0 Å². The van der Waals surface area contributed by atoms with Crippen molar-refractivity contribution in [2.24, 2.45) is 0 Å². The minimum atomic E-state index is -4.69. The van der Waals surface area contributed by atoms with Gasteiger partial charge in [-0.05, 0) is 30.3 Å².